The predicted molar refractivity (Wildman–Crippen MR) is 134 cm³/mol. The fourth-order valence-electron chi connectivity index (χ4n) is 4.15. The van der Waals surface area contributed by atoms with Crippen LogP contribution < -0.4 is 10.2 Å². The lowest BCUT2D eigenvalue weighted by molar-refractivity contribution is 0.00862. The standard InChI is InChI=1S/C22H37N5O2.HI/c1-4-23-22(24-17-20(18(2)3)26-13-15-29-16-14-26)27-11-9-25(10-12-27)19-7-5-6-8-21(19)28;/h5-8,18,20,28H,4,9-17H2,1-3H3,(H,23,24);1H. The highest BCUT2D eigenvalue weighted by atomic mass is 127. The molecule has 0 saturated carbocycles. The van der Waals surface area contributed by atoms with E-state index >= 15 is 0 Å². The van der Waals surface area contributed by atoms with Crippen molar-refractivity contribution in [1.82, 2.24) is 15.1 Å². The quantitative estimate of drug-likeness (QED) is 0.334. The number of piperazine rings is 1. The van der Waals surface area contributed by atoms with Gasteiger partial charge in [-0.15, -0.1) is 24.0 Å². The molecule has 2 aliphatic rings. The number of phenols is 1. The van der Waals surface area contributed by atoms with Gasteiger partial charge in [0.25, 0.3) is 0 Å². The van der Waals surface area contributed by atoms with Crippen LogP contribution in [0, 0.1) is 5.92 Å². The van der Waals surface area contributed by atoms with E-state index in [-0.39, 0.29) is 24.0 Å². The van der Waals surface area contributed by atoms with Gasteiger partial charge in [-0.3, -0.25) is 9.89 Å². The van der Waals surface area contributed by atoms with Crippen LogP contribution in [0.5, 0.6) is 5.75 Å². The number of phenolic OH excluding ortho intramolecular Hbond substituents is 1. The van der Waals surface area contributed by atoms with Crippen LogP contribution in [0.4, 0.5) is 5.69 Å². The number of halogens is 1. The maximum atomic E-state index is 10.1. The molecule has 1 atom stereocenters. The third-order valence-corrected chi connectivity index (χ3v) is 5.85. The first-order valence-corrected chi connectivity index (χ1v) is 11.0. The Morgan fingerprint density at radius 1 is 1.10 bits per heavy atom. The molecule has 0 spiro atoms. The van der Waals surface area contributed by atoms with Gasteiger partial charge in [-0.25, -0.2) is 0 Å². The summed E-state index contributed by atoms with van der Waals surface area (Å²) in [5.74, 6) is 1.91. The third-order valence-electron chi connectivity index (χ3n) is 5.85. The second kappa shape index (κ2) is 12.6. The highest BCUT2D eigenvalue weighted by molar-refractivity contribution is 14.0. The summed E-state index contributed by atoms with van der Waals surface area (Å²) in [5, 5.41) is 13.6. The monoisotopic (exact) mass is 531 g/mol. The summed E-state index contributed by atoms with van der Waals surface area (Å²) in [7, 11) is 0. The van der Waals surface area contributed by atoms with Gasteiger partial charge in [-0.2, -0.15) is 0 Å². The number of para-hydroxylation sites is 2. The summed E-state index contributed by atoms with van der Waals surface area (Å²) < 4.78 is 5.52. The Labute approximate surface area is 198 Å². The molecular weight excluding hydrogens is 493 g/mol. The third kappa shape index (κ3) is 6.62. The summed E-state index contributed by atoms with van der Waals surface area (Å²) in [5.41, 5.74) is 0.918. The Balaban J connectivity index is 0.00000320. The maximum Gasteiger partial charge on any atom is 0.194 e. The smallest absolute Gasteiger partial charge is 0.194 e. The first-order chi connectivity index (χ1) is 14.1. The molecule has 30 heavy (non-hydrogen) atoms. The van der Waals surface area contributed by atoms with Crippen molar-refractivity contribution in [1.29, 1.82) is 0 Å². The van der Waals surface area contributed by atoms with Gasteiger partial charge < -0.3 is 25.0 Å². The number of nitrogens with zero attached hydrogens (tertiary/aromatic N) is 4. The molecule has 2 fully saturated rings. The zero-order valence-electron chi connectivity index (χ0n) is 18.6. The van der Waals surface area contributed by atoms with Gasteiger partial charge in [0.15, 0.2) is 5.96 Å². The average molecular weight is 531 g/mol. The molecule has 2 aliphatic heterocycles. The van der Waals surface area contributed by atoms with E-state index in [0.717, 1.165) is 77.2 Å². The first-order valence-electron chi connectivity index (χ1n) is 11.0. The SMILES string of the molecule is CCNC(=NCC(C(C)C)N1CCOCC1)N1CCN(c2ccccc2O)CC1.I. The number of hydrogen-bond acceptors (Lipinski definition) is 5. The minimum atomic E-state index is 0. The fourth-order valence-corrected chi connectivity index (χ4v) is 4.15. The lowest BCUT2D eigenvalue weighted by Gasteiger charge is -2.39. The molecule has 0 amide bonds. The minimum Gasteiger partial charge on any atom is -0.506 e. The summed E-state index contributed by atoms with van der Waals surface area (Å²) in [6.07, 6.45) is 0. The van der Waals surface area contributed by atoms with Crippen LogP contribution >= 0.6 is 24.0 Å². The lowest BCUT2D eigenvalue weighted by Crippen LogP contribution is -2.53. The van der Waals surface area contributed by atoms with Crippen molar-refractivity contribution >= 4 is 35.6 Å². The molecule has 3 rings (SSSR count). The molecule has 0 radical (unpaired) electrons. The summed E-state index contributed by atoms with van der Waals surface area (Å²) in [6, 6.07) is 8.02. The molecule has 2 saturated heterocycles. The zero-order valence-corrected chi connectivity index (χ0v) is 20.9. The fraction of sp³-hybridized carbons (Fsp3) is 0.682. The molecular formula is C22H38IN5O2. The molecule has 1 aromatic carbocycles. The van der Waals surface area contributed by atoms with Crippen molar-refractivity contribution < 1.29 is 9.84 Å². The Hall–Kier alpha value is -1.26. The van der Waals surface area contributed by atoms with Crippen molar-refractivity contribution in [3.8, 4) is 5.75 Å². The van der Waals surface area contributed by atoms with E-state index in [2.05, 4.69) is 40.8 Å². The number of aromatic hydroxyl groups is 1. The normalized spacial score (nSPS) is 19.5. The van der Waals surface area contributed by atoms with Crippen molar-refractivity contribution in [3.05, 3.63) is 24.3 Å². The second-order valence-electron chi connectivity index (χ2n) is 8.12. The van der Waals surface area contributed by atoms with Gasteiger partial charge in [-0.1, -0.05) is 26.0 Å². The number of guanidine groups is 1. The number of aliphatic imine (C=N–C) groups is 1. The molecule has 2 heterocycles. The van der Waals surface area contributed by atoms with Crippen molar-refractivity contribution in [2.24, 2.45) is 10.9 Å². The van der Waals surface area contributed by atoms with E-state index in [1.165, 1.54) is 0 Å². The number of anilines is 1. The molecule has 0 aliphatic carbocycles. The molecule has 2 N–H and O–H groups in total. The lowest BCUT2D eigenvalue weighted by atomic mass is 10.0. The van der Waals surface area contributed by atoms with Crippen molar-refractivity contribution in [2.45, 2.75) is 26.8 Å². The largest absolute Gasteiger partial charge is 0.506 e. The Bertz CT molecular complexity index is 659. The van der Waals surface area contributed by atoms with E-state index in [0.29, 0.717) is 17.7 Å². The van der Waals surface area contributed by atoms with E-state index in [4.69, 9.17) is 9.73 Å². The topological polar surface area (TPSA) is 63.6 Å². The number of morpholine rings is 1. The first kappa shape index (κ1) is 25.0. The van der Waals surface area contributed by atoms with Gasteiger partial charge in [0, 0.05) is 51.9 Å². The van der Waals surface area contributed by atoms with Gasteiger partial charge in [0.1, 0.15) is 5.75 Å². The summed E-state index contributed by atoms with van der Waals surface area (Å²) in [4.78, 5) is 12.1. The van der Waals surface area contributed by atoms with Crippen LogP contribution in [-0.4, -0.2) is 92.5 Å². The highest BCUT2D eigenvalue weighted by Gasteiger charge is 2.25. The van der Waals surface area contributed by atoms with Crippen molar-refractivity contribution in [2.75, 3.05) is 70.5 Å². The minimum absolute atomic E-state index is 0. The molecule has 7 nitrogen and oxygen atoms in total. The van der Waals surface area contributed by atoms with Crippen molar-refractivity contribution in [3.63, 3.8) is 0 Å². The van der Waals surface area contributed by atoms with Crippen LogP contribution in [0.25, 0.3) is 0 Å². The van der Waals surface area contributed by atoms with Crippen LogP contribution in [0.15, 0.2) is 29.3 Å². The number of nitrogens with one attached hydrogen (secondary N) is 1. The van der Waals surface area contributed by atoms with E-state index in [9.17, 15) is 5.11 Å². The molecule has 1 aromatic rings. The summed E-state index contributed by atoms with van der Waals surface area (Å²) in [6.45, 7) is 15.5. The number of hydrogen-bond donors (Lipinski definition) is 2. The Morgan fingerprint density at radius 3 is 2.37 bits per heavy atom. The van der Waals surface area contributed by atoms with E-state index < -0.39 is 0 Å². The molecule has 1 unspecified atom stereocenters. The van der Waals surface area contributed by atoms with Gasteiger partial charge in [0.05, 0.1) is 25.4 Å². The molecule has 0 aromatic heterocycles. The average Bonchev–Trinajstić information content (AvgIpc) is 2.74. The van der Waals surface area contributed by atoms with Crippen LogP contribution in [0.2, 0.25) is 0 Å². The summed E-state index contributed by atoms with van der Waals surface area (Å²) >= 11 is 0. The van der Waals surface area contributed by atoms with Gasteiger partial charge in [0.2, 0.25) is 0 Å². The number of ether oxygens (including phenoxy) is 1. The molecule has 8 heteroatoms. The zero-order chi connectivity index (χ0) is 20.6. The number of benzene rings is 1. The van der Waals surface area contributed by atoms with Gasteiger partial charge >= 0.3 is 0 Å². The van der Waals surface area contributed by atoms with Gasteiger partial charge in [-0.05, 0) is 25.0 Å². The molecule has 0 bridgehead atoms. The predicted octanol–water partition coefficient (Wildman–Crippen LogP) is 2.45. The van der Waals surface area contributed by atoms with E-state index in [1.54, 1.807) is 6.07 Å². The Kier molecular flexibility index (Phi) is 10.5. The van der Waals surface area contributed by atoms with E-state index in [1.807, 2.05) is 18.2 Å². The maximum absolute atomic E-state index is 10.1. The Morgan fingerprint density at radius 2 is 1.77 bits per heavy atom. The number of rotatable bonds is 6. The highest BCUT2D eigenvalue weighted by Crippen LogP contribution is 2.27. The van der Waals surface area contributed by atoms with Crippen LogP contribution in [0.1, 0.15) is 20.8 Å². The van der Waals surface area contributed by atoms with Crippen LogP contribution in [0.3, 0.4) is 0 Å². The van der Waals surface area contributed by atoms with Crippen LogP contribution in [-0.2, 0) is 4.74 Å². The molecule has 170 valence electrons. The second-order valence-corrected chi connectivity index (χ2v) is 8.12.